The molecule has 2 aliphatic rings. The molecule has 0 bridgehead atoms. The predicted molar refractivity (Wildman–Crippen MR) is 100 cm³/mol. The summed E-state index contributed by atoms with van der Waals surface area (Å²) in [5, 5.41) is 40.2. The van der Waals surface area contributed by atoms with Gasteiger partial charge in [-0.3, -0.25) is 9.09 Å². The number of imidazole rings is 1. The average Bonchev–Trinajstić information content (AvgIpc) is 3.38. The number of hydrogen-bond acceptors (Lipinski definition) is 13. The highest BCUT2D eigenvalue weighted by Crippen LogP contribution is 2.40. The van der Waals surface area contributed by atoms with Crippen LogP contribution in [0.4, 0.5) is 5.82 Å². The Kier molecular flexibility index (Phi) is 6.45. The summed E-state index contributed by atoms with van der Waals surface area (Å²) in [6.45, 7) is -1.28. The Morgan fingerprint density at radius 1 is 1.09 bits per heavy atom. The molecule has 17 heteroatoms. The van der Waals surface area contributed by atoms with Crippen molar-refractivity contribution in [2.75, 3.05) is 18.9 Å². The summed E-state index contributed by atoms with van der Waals surface area (Å²) < 4.78 is 33.6. The maximum absolute atomic E-state index is 11.1. The number of hydrogen-bond donors (Lipinski definition) is 7. The second-order valence-corrected chi connectivity index (χ2v) is 8.47. The Labute approximate surface area is 179 Å². The molecule has 4 rings (SSSR count). The van der Waals surface area contributed by atoms with Gasteiger partial charge in [-0.1, -0.05) is 0 Å². The van der Waals surface area contributed by atoms with Crippen LogP contribution in [0.5, 0.6) is 0 Å². The van der Waals surface area contributed by atoms with Crippen molar-refractivity contribution in [3.63, 3.8) is 0 Å². The Hall–Kier alpha value is -1.82. The van der Waals surface area contributed by atoms with E-state index in [1.54, 1.807) is 0 Å². The van der Waals surface area contributed by atoms with Gasteiger partial charge in [0.05, 0.1) is 19.5 Å². The third kappa shape index (κ3) is 4.35. The van der Waals surface area contributed by atoms with Gasteiger partial charge in [0.25, 0.3) is 0 Å². The van der Waals surface area contributed by atoms with E-state index in [1.807, 2.05) is 0 Å². The molecule has 2 aromatic rings. The number of nitrogens with zero attached hydrogens (tertiary/aromatic N) is 4. The molecule has 4 heterocycles. The smallest absolute Gasteiger partial charge is 0.394 e. The van der Waals surface area contributed by atoms with Crippen LogP contribution < -0.4 is 5.73 Å². The Balaban J connectivity index is 1.64. The van der Waals surface area contributed by atoms with Gasteiger partial charge in [-0.2, -0.15) is 0 Å². The lowest BCUT2D eigenvalue weighted by Gasteiger charge is -2.26. The fraction of sp³-hybridized carbons (Fsp3) is 0.667. The van der Waals surface area contributed by atoms with Gasteiger partial charge in [0.15, 0.2) is 24.0 Å². The molecule has 2 aliphatic heterocycles. The van der Waals surface area contributed by atoms with Crippen LogP contribution in [0.25, 0.3) is 11.2 Å². The van der Waals surface area contributed by atoms with Crippen molar-refractivity contribution >= 4 is 24.8 Å². The molecule has 0 radical (unpaired) electrons. The quantitative estimate of drug-likeness (QED) is 0.191. The third-order valence-electron chi connectivity index (χ3n) is 5.17. The van der Waals surface area contributed by atoms with Gasteiger partial charge in [0, 0.05) is 0 Å². The molecular formula is C15H22N5O11P. The minimum Gasteiger partial charge on any atom is -0.394 e. The fourth-order valence-corrected chi connectivity index (χ4v) is 3.93. The zero-order valence-electron chi connectivity index (χ0n) is 16.2. The number of ether oxygens (including phenoxy) is 3. The van der Waals surface area contributed by atoms with Crippen LogP contribution in [-0.4, -0.2) is 106 Å². The van der Waals surface area contributed by atoms with Gasteiger partial charge in [0.1, 0.15) is 48.5 Å². The second-order valence-electron chi connectivity index (χ2n) is 7.23. The molecule has 32 heavy (non-hydrogen) atoms. The number of rotatable bonds is 7. The van der Waals surface area contributed by atoms with Crippen LogP contribution >= 0.6 is 7.82 Å². The lowest BCUT2D eigenvalue weighted by atomic mass is 10.1. The fourth-order valence-electron chi connectivity index (χ4n) is 3.59. The van der Waals surface area contributed by atoms with Crippen LogP contribution in [0.3, 0.4) is 0 Å². The molecule has 1 unspecified atom stereocenters. The lowest BCUT2D eigenvalue weighted by molar-refractivity contribution is -0.219. The Bertz CT molecular complexity index is 1000. The van der Waals surface area contributed by atoms with E-state index in [0.29, 0.717) is 0 Å². The summed E-state index contributed by atoms with van der Waals surface area (Å²) in [6.07, 6.45) is -8.40. The first-order valence-electron chi connectivity index (χ1n) is 9.35. The molecule has 0 amide bonds. The molecule has 0 aliphatic carbocycles. The van der Waals surface area contributed by atoms with E-state index < -0.39 is 70.2 Å². The van der Waals surface area contributed by atoms with E-state index in [2.05, 4.69) is 19.5 Å². The number of aliphatic hydroxyl groups excluding tert-OH is 4. The first-order chi connectivity index (χ1) is 15.1. The van der Waals surface area contributed by atoms with E-state index in [9.17, 15) is 25.0 Å². The van der Waals surface area contributed by atoms with Crippen LogP contribution in [0.15, 0.2) is 12.7 Å². The largest absolute Gasteiger partial charge is 0.469 e. The van der Waals surface area contributed by atoms with Crippen molar-refractivity contribution in [1.82, 2.24) is 19.5 Å². The summed E-state index contributed by atoms with van der Waals surface area (Å²) in [7, 11) is -4.86. The van der Waals surface area contributed by atoms with Crippen molar-refractivity contribution in [3.8, 4) is 0 Å². The minimum atomic E-state index is -4.86. The number of aliphatic hydroxyl groups is 4. The maximum Gasteiger partial charge on any atom is 0.469 e. The molecular weight excluding hydrogens is 457 g/mol. The van der Waals surface area contributed by atoms with Gasteiger partial charge >= 0.3 is 7.82 Å². The summed E-state index contributed by atoms with van der Waals surface area (Å²) >= 11 is 0. The Morgan fingerprint density at radius 3 is 2.50 bits per heavy atom. The number of phosphoric ester groups is 1. The molecule has 2 aromatic heterocycles. The van der Waals surface area contributed by atoms with E-state index in [-0.39, 0.29) is 17.0 Å². The normalized spacial score (nSPS) is 35.7. The number of nitrogens with two attached hydrogens (primary N) is 1. The number of anilines is 1. The monoisotopic (exact) mass is 479 g/mol. The van der Waals surface area contributed by atoms with Crippen molar-refractivity contribution < 1.29 is 53.5 Å². The van der Waals surface area contributed by atoms with E-state index in [1.165, 1.54) is 17.2 Å². The number of nitrogen functional groups attached to an aromatic ring is 1. The van der Waals surface area contributed by atoms with Crippen molar-refractivity contribution in [3.05, 3.63) is 12.7 Å². The number of phosphoric acid groups is 1. The first-order valence-corrected chi connectivity index (χ1v) is 10.9. The average molecular weight is 479 g/mol. The van der Waals surface area contributed by atoms with Crippen LogP contribution in [0, 0.1) is 0 Å². The summed E-state index contributed by atoms with van der Waals surface area (Å²) in [6, 6.07) is 0. The zero-order valence-corrected chi connectivity index (χ0v) is 17.1. The SMILES string of the molecule is Nc1ncnc2c1ncn2[C@@H]1O[C@H](COP(=O)(O)O)[C@H](O)[C@H]1OC1O[C@H](CO)[C@@H](O)[C@H]1O. The highest BCUT2D eigenvalue weighted by atomic mass is 31.2. The van der Waals surface area contributed by atoms with Gasteiger partial charge < -0.3 is 50.2 Å². The van der Waals surface area contributed by atoms with Gasteiger partial charge in [-0.05, 0) is 0 Å². The Morgan fingerprint density at radius 2 is 1.84 bits per heavy atom. The molecule has 0 aromatic carbocycles. The zero-order chi connectivity index (χ0) is 23.2. The topological polar surface area (TPSA) is 245 Å². The second kappa shape index (κ2) is 8.85. The minimum absolute atomic E-state index is 0.0783. The molecule has 2 saturated heterocycles. The molecule has 0 spiro atoms. The van der Waals surface area contributed by atoms with Crippen molar-refractivity contribution in [2.45, 2.75) is 49.1 Å². The summed E-state index contributed by atoms with van der Waals surface area (Å²) in [5.41, 5.74) is 6.23. The van der Waals surface area contributed by atoms with Gasteiger partial charge in [-0.15, -0.1) is 0 Å². The highest BCUT2D eigenvalue weighted by Gasteiger charge is 2.51. The maximum atomic E-state index is 11.1. The number of aromatic nitrogens is 4. The van der Waals surface area contributed by atoms with E-state index in [4.69, 9.17) is 29.7 Å². The summed E-state index contributed by atoms with van der Waals surface area (Å²) in [4.78, 5) is 30.0. The first kappa shape index (κ1) is 23.3. The van der Waals surface area contributed by atoms with Crippen molar-refractivity contribution in [1.29, 1.82) is 0 Å². The van der Waals surface area contributed by atoms with E-state index in [0.717, 1.165) is 0 Å². The molecule has 8 atom stereocenters. The molecule has 178 valence electrons. The standard InChI is InChI=1S/C15H22N5O11P/c16-12-7-13(18-3-17-12)20(4-19-7)14-11(9(23)6(29-14)2-28-32(25,26)27)31-15-10(24)8(22)5(1-21)30-15/h3-6,8-11,14-15,21-24H,1-2H2,(H2,16,17,18)(H2,25,26,27)/t5-,6-,8-,9+,10-,11-,14-,15?/m1/s1. The van der Waals surface area contributed by atoms with Gasteiger partial charge in [0.2, 0.25) is 0 Å². The van der Waals surface area contributed by atoms with Crippen LogP contribution in [0.1, 0.15) is 6.23 Å². The van der Waals surface area contributed by atoms with Gasteiger partial charge in [-0.25, -0.2) is 19.5 Å². The van der Waals surface area contributed by atoms with Crippen LogP contribution in [-0.2, 0) is 23.3 Å². The molecule has 8 N–H and O–H groups in total. The van der Waals surface area contributed by atoms with Crippen LogP contribution in [0.2, 0.25) is 0 Å². The lowest BCUT2D eigenvalue weighted by Crippen LogP contribution is -2.42. The third-order valence-corrected chi connectivity index (χ3v) is 5.66. The molecule has 0 saturated carbocycles. The van der Waals surface area contributed by atoms with Crippen molar-refractivity contribution in [2.24, 2.45) is 0 Å². The number of fused-ring (bicyclic) bond motifs is 1. The molecule has 2 fully saturated rings. The predicted octanol–water partition coefficient (Wildman–Crippen LogP) is -3.40. The highest BCUT2D eigenvalue weighted by molar-refractivity contribution is 7.46. The summed E-state index contributed by atoms with van der Waals surface area (Å²) in [5.74, 6) is 0.0783. The molecule has 16 nitrogen and oxygen atoms in total. The van der Waals surface area contributed by atoms with E-state index >= 15 is 0 Å².